The van der Waals surface area contributed by atoms with Gasteiger partial charge in [-0.15, -0.1) is 0 Å². The van der Waals surface area contributed by atoms with Gasteiger partial charge in [-0.2, -0.15) is 0 Å². The molecule has 8 nitrogen and oxygen atoms in total. The molecule has 2 atom stereocenters. The number of carbonyl (C=O) groups is 3. The number of ether oxygens (including phenoxy) is 1. The van der Waals surface area contributed by atoms with Crippen LogP contribution in [0, 0.1) is 0 Å². The van der Waals surface area contributed by atoms with Crippen molar-refractivity contribution in [1.82, 2.24) is 10.2 Å². The number of nitrogens with zero attached hydrogens (tertiary/aromatic N) is 1. The Morgan fingerprint density at radius 2 is 1.64 bits per heavy atom. The molecule has 3 N–H and O–H groups in total. The highest BCUT2D eigenvalue weighted by atomic mass is 16.5. The topological polar surface area (TPSA) is 99.8 Å². The van der Waals surface area contributed by atoms with E-state index in [4.69, 9.17) is 4.74 Å². The fourth-order valence-electron chi connectivity index (χ4n) is 4.26. The van der Waals surface area contributed by atoms with Gasteiger partial charge in [0.1, 0.15) is 6.04 Å². The highest BCUT2D eigenvalue weighted by Crippen LogP contribution is 2.21. The van der Waals surface area contributed by atoms with E-state index in [9.17, 15) is 14.4 Å². The van der Waals surface area contributed by atoms with Gasteiger partial charge in [0, 0.05) is 31.1 Å². The van der Waals surface area contributed by atoms with Gasteiger partial charge in [0.2, 0.25) is 11.8 Å². The van der Waals surface area contributed by atoms with Crippen molar-refractivity contribution >= 4 is 29.2 Å². The predicted octanol–water partition coefficient (Wildman–Crippen LogP) is 3.16. The number of benzene rings is 2. The normalized spacial score (nSPS) is 19.8. The van der Waals surface area contributed by atoms with Crippen molar-refractivity contribution < 1.29 is 19.1 Å². The fourth-order valence-corrected chi connectivity index (χ4v) is 4.26. The number of urea groups is 1. The lowest BCUT2D eigenvalue weighted by Crippen LogP contribution is -2.43. The van der Waals surface area contributed by atoms with Crippen LogP contribution in [0.3, 0.4) is 0 Å². The van der Waals surface area contributed by atoms with Gasteiger partial charge in [-0.1, -0.05) is 30.3 Å². The average Bonchev–Trinajstić information content (AvgIpc) is 3.52. The first-order chi connectivity index (χ1) is 16.1. The Balaban J connectivity index is 1.26. The summed E-state index contributed by atoms with van der Waals surface area (Å²) in [4.78, 5) is 39.3. The van der Waals surface area contributed by atoms with E-state index in [-0.39, 0.29) is 23.9 Å². The van der Waals surface area contributed by atoms with Crippen LogP contribution in [-0.2, 0) is 20.7 Å². The molecule has 2 saturated heterocycles. The SMILES string of the molecule is O=C(NCC1CCCO1)Nc1ccc(NC(=O)C2CCCN2C(=O)Cc2ccccc2)cc1. The van der Waals surface area contributed by atoms with Gasteiger partial charge in [-0.25, -0.2) is 4.79 Å². The zero-order valence-corrected chi connectivity index (χ0v) is 18.6. The standard InChI is InChI=1S/C25H30N4O4/c30-23(16-18-6-2-1-3-7-18)29-14-4-9-22(29)24(31)27-19-10-12-20(13-11-19)28-25(32)26-17-21-8-5-15-33-21/h1-3,6-7,10-13,21-22H,4-5,8-9,14-17H2,(H,27,31)(H2,26,28,32). The number of hydrogen-bond acceptors (Lipinski definition) is 4. The maximum atomic E-state index is 12.9. The Kier molecular flexibility index (Phi) is 7.57. The van der Waals surface area contributed by atoms with E-state index in [1.807, 2.05) is 30.3 Å². The van der Waals surface area contributed by atoms with Crippen LogP contribution in [0.15, 0.2) is 54.6 Å². The molecule has 0 aromatic heterocycles. The van der Waals surface area contributed by atoms with Gasteiger partial charge >= 0.3 is 6.03 Å². The Morgan fingerprint density at radius 1 is 0.909 bits per heavy atom. The van der Waals surface area contributed by atoms with Crippen molar-refractivity contribution in [2.24, 2.45) is 0 Å². The minimum absolute atomic E-state index is 0.0348. The lowest BCUT2D eigenvalue weighted by atomic mass is 10.1. The summed E-state index contributed by atoms with van der Waals surface area (Å²) in [6, 6.07) is 15.7. The second-order valence-corrected chi connectivity index (χ2v) is 8.44. The van der Waals surface area contributed by atoms with Crippen LogP contribution in [-0.4, -0.2) is 54.6 Å². The average molecular weight is 451 g/mol. The summed E-state index contributed by atoms with van der Waals surface area (Å²) in [7, 11) is 0. The summed E-state index contributed by atoms with van der Waals surface area (Å²) < 4.78 is 5.49. The molecular weight excluding hydrogens is 420 g/mol. The third-order valence-corrected chi connectivity index (χ3v) is 6.00. The van der Waals surface area contributed by atoms with E-state index in [1.54, 1.807) is 29.2 Å². The second-order valence-electron chi connectivity index (χ2n) is 8.44. The third-order valence-electron chi connectivity index (χ3n) is 6.00. The summed E-state index contributed by atoms with van der Waals surface area (Å²) in [6.07, 6.45) is 3.83. The Bertz CT molecular complexity index is 958. The smallest absolute Gasteiger partial charge is 0.319 e. The van der Waals surface area contributed by atoms with Crippen LogP contribution in [0.25, 0.3) is 0 Å². The largest absolute Gasteiger partial charge is 0.376 e. The van der Waals surface area contributed by atoms with Crippen LogP contribution < -0.4 is 16.0 Å². The van der Waals surface area contributed by atoms with E-state index in [1.165, 1.54) is 0 Å². The number of carbonyl (C=O) groups excluding carboxylic acids is 3. The molecule has 0 radical (unpaired) electrons. The Morgan fingerprint density at radius 3 is 2.33 bits per heavy atom. The summed E-state index contributed by atoms with van der Waals surface area (Å²) in [5, 5.41) is 8.48. The highest BCUT2D eigenvalue weighted by Gasteiger charge is 2.33. The quantitative estimate of drug-likeness (QED) is 0.603. The van der Waals surface area contributed by atoms with Crippen LogP contribution in [0.2, 0.25) is 0 Å². The maximum absolute atomic E-state index is 12.9. The van der Waals surface area contributed by atoms with Gasteiger partial charge in [0.05, 0.1) is 12.5 Å². The van der Waals surface area contributed by atoms with Crippen LogP contribution in [0.5, 0.6) is 0 Å². The van der Waals surface area contributed by atoms with Crippen molar-refractivity contribution in [3.8, 4) is 0 Å². The molecule has 2 heterocycles. The van der Waals surface area contributed by atoms with E-state index in [2.05, 4.69) is 16.0 Å². The first kappa shape index (κ1) is 22.8. The van der Waals surface area contributed by atoms with Crippen molar-refractivity contribution in [3.63, 3.8) is 0 Å². The predicted molar refractivity (Wildman–Crippen MR) is 126 cm³/mol. The molecule has 8 heteroatoms. The zero-order chi connectivity index (χ0) is 23.0. The van der Waals surface area contributed by atoms with E-state index >= 15 is 0 Å². The van der Waals surface area contributed by atoms with Gasteiger partial charge in [-0.3, -0.25) is 9.59 Å². The first-order valence-electron chi connectivity index (χ1n) is 11.5. The molecule has 2 aromatic rings. The molecule has 33 heavy (non-hydrogen) atoms. The van der Waals surface area contributed by atoms with E-state index in [0.29, 0.717) is 37.3 Å². The Labute approximate surface area is 193 Å². The first-order valence-corrected chi connectivity index (χ1v) is 11.5. The molecule has 0 saturated carbocycles. The van der Waals surface area contributed by atoms with Crippen molar-refractivity contribution in [2.75, 3.05) is 30.3 Å². The van der Waals surface area contributed by atoms with E-state index in [0.717, 1.165) is 31.4 Å². The van der Waals surface area contributed by atoms with Crippen molar-refractivity contribution in [1.29, 1.82) is 0 Å². The lowest BCUT2D eigenvalue weighted by molar-refractivity contribution is -0.136. The van der Waals surface area contributed by atoms with Gasteiger partial charge < -0.3 is 25.6 Å². The summed E-state index contributed by atoms with van der Waals surface area (Å²) in [5.74, 6) is -0.226. The molecule has 4 rings (SSSR count). The summed E-state index contributed by atoms with van der Waals surface area (Å²) in [6.45, 7) is 1.83. The Hall–Kier alpha value is -3.39. The number of amides is 4. The number of likely N-dealkylation sites (tertiary alicyclic amines) is 1. The lowest BCUT2D eigenvalue weighted by Gasteiger charge is -2.24. The van der Waals surface area contributed by atoms with E-state index < -0.39 is 6.04 Å². The summed E-state index contributed by atoms with van der Waals surface area (Å²) in [5.41, 5.74) is 2.18. The number of nitrogens with one attached hydrogen (secondary N) is 3. The molecule has 174 valence electrons. The molecule has 0 aliphatic carbocycles. The molecular formula is C25H30N4O4. The minimum atomic E-state index is -0.470. The highest BCUT2D eigenvalue weighted by molar-refractivity contribution is 5.98. The molecule has 2 unspecified atom stereocenters. The molecule has 4 amide bonds. The van der Waals surface area contributed by atoms with Crippen LogP contribution >= 0.6 is 0 Å². The van der Waals surface area contributed by atoms with Gasteiger partial charge in [0.25, 0.3) is 0 Å². The second kappa shape index (κ2) is 11.0. The fraction of sp³-hybridized carbons (Fsp3) is 0.400. The molecule has 2 aromatic carbocycles. The summed E-state index contributed by atoms with van der Waals surface area (Å²) >= 11 is 0. The molecule has 2 aliphatic rings. The van der Waals surface area contributed by atoms with Gasteiger partial charge in [0.15, 0.2) is 0 Å². The van der Waals surface area contributed by atoms with Gasteiger partial charge in [-0.05, 0) is 55.5 Å². The number of rotatable bonds is 7. The number of hydrogen-bond donors (Lipinski definition) is 3. The monoisotopic (exact) mass is 450 g/mol. The number of anilines is 2. The molecule has 0 bridgehead atoms. The molecule has 0 spiro atoms. The third kappa shape index (κ3) is 6.32. The minimum Gasteiger partial charge on any atom is -0.376 e. The van der Waals surface area contributed by atoms with Crippen molar-refractivity contribution in [3.05, 3.63) is 60.2 Å². The van der Waals surface area contributed by atoms with Crippen LogP contribution in [0.1, 0.15) is 31.2 Å². The maximum Gasteiger partial charge on any atom is 0.319 e. The van der Waals surface area contributed by atoms with Crippen LogP contribution in [0.4, 0.5) is 16.2 Å². The molecule has 2 fully saturated rings. The van der Waals surface area contributed by atoms with Crippen molar-refractivity contribution in [2.45, 2.75) is 44.2 Å². The zero-order valence-electron chi connectivity index (χ0n) is 18.6. The molecule has 2 aliphatic heterocycles.